The van der Waals surface area contributed by atoms with Crippen LogP contribution in [0, 0.1) is 5.92 Å². The number of benzene rings is 2. The number of aliphatic hydroxyl groups is 1. The number of rotatable bonds is 8. The number of aliphatic hydroxyl groups excluding tert-OH is 1. The van der Waals surface area contributed by atoms with Gasteiger partial charge in [-0.05, 0) is 50.5 Å². The SMILES string of the molecule is CC1(C)OC(=O)c2ccc(Nc3ncc(C(=O)NNC(=O)C4CCS(=O)(=O)CC4)c(N[C@H](CO)c4ccccc4)n3)cc21. The minimum Gasteiger partial charge on any atom is -0.451 e. The van der Waals surface area contributed by atoms with Gasteiger partial charge in [-0.3, -0.25) is 20.4 Å². The van der Waals surface area contributed by atoms with E-state index in [0.29, 0.717) is 16.8 Å². The second-order valence-corrected chi connectivity index (χ2v) is 13.2. The predicted octanol–water partition coefficient (Wildman–Crippen LogP) is 2.36. The molecule has 2 amide bonds. The fourth-order valence-electron chi connectivity index (χ4n) is 5.01. The van der Waals surface area contributed by atoms with Gasteiger partial charge in [0, 0.05) is 23.4 Å². The Labute approximate surface area is 248 Å². The van der Waals surface area contributed by atoms with Gasteiger partial charge >= 0.3 is 5.97 Å². The van der Waals surface area contributed by atoms with Gasteiger partial charge in [0.1, 0.15) is 26.8 Å². The Morgan fingerprint density at radius 1 is 1.09 bits per heavy atom. The minimum absolute atomic E-state index is 0.0134. The third-order valence-corrected chi connectivity index (χ3v) is 9.16. The number of carbonyl (C=O) groups is 3. The van der Waals surface area contributed by atoms with Crippen molar-refractivity contribution in [3.63, 3.8) is 0 Å². The summed E-state index contributed by atoms with van der Waals surface area (Å²) in [5.74, 6) is -2.11. The van der Waals surface area contributed by atoms with Gasteiger partial charge in [-0.2, -0.15) is 4.98 Å². The fourth-order valence-corrected chi connectivity index (χ4v) is 6.50. The number of nitrogens with one attached hydrogen (secondary N) is 4. The quantitative estimate of drug-likeness (QED) is 0.186. The number of sulfone groups is 1. The lowest BCUT2D eigenvalue weighted by atomic mass is 9.95. The summed E-state index contributed by atoms with van der Waals surface area (Å²) in [6.45, 7) is 3.27. The molecule has 3 aromatic rings. The molecule has 226 valence electrons. The molecule has 0 saturated carbocycles. The number of hydrogen-bond donors (Lipinski definition) is 5. The van der Waals surface area contributed by atoms with E-state index in [9.17, 15) is 27.9 Å². The van der Waals surface area contributed by atoms with E-state index < -0.39 is 45.2 Å². The number of aromatic nitrogens is 2. The van der Waals surface area contributed by atoms with Gasteiger partial charge in [0.2, 0.25) is 11.9 Å². The Morgan fingerprint density at radius 3 is 2.51 bits per heavy atom. The van der Waals surface area contributed by atoms with E-state index in [1.807, 2.05) is 30.3 Å². The first-order chi connectivity index (χ1) is 20.5. The first-order valence-electron chi connectivity index (χ1n) is 13.7. The normalized spacial score (nSPS) is 17.7. The largest absolute Gasteiger partial charge is 0.451 e. The molecule has 0 radical (unpaired) electrons. The molecule has 5 N–H and O–H groups in total. The third-order valence-electron chi connectivity index (χ3n) is 7.45. The van der Waals surface area contributed by atoms with Crippen LogP contribution in [-0.2, 0) is 25.0 Å². The minimum atomic E-state index is -3.14. The van der Waals surface area contributed by atoms with E-state index in [1.54, 1.807) is 32.0 Å². The summed E-state index contributed by atoms with van der Waals surface area (Å²) >= 11 is 0. The molecule has 1 atom stereocenters. The number of ether oxygens (including phenoxy) is 1. The summed E-state index contributed by atoms with van der Waals surface area (Å²) in [6.07, 6.45) is 1.63. The lowest BCUT2D eigenvalue weighted by Crippen LogP contribution is -2.46. The molecule has 13 nitrogen and oxygen atoms in total. The van der Waals surface area contributed by atoms with Crippen LogP contribution in [-0.4, -0.2) is 59.4 Å². The molecule has 2 aliphatic rings. The first-order valence-corrected chi connectivity index (χ1v) is 15.5. The highest BCUT2D eigenvalue weighted by Gasteiger charge is 2.37. The summed E-state index contributed by atoms with van der Waals surface area (Å²) in [5, 5.41) is 16.3. The van der Waals surface area contributed by atoms with E-state index in [0.717, 1.165) is 5.56 Å². The third kappa shape index (κ3) is 6.75. The van der Waals surface area contributed by atoms with E-state index in [4.69, 9.17) is 4.74 Å². The monoisotopic (exact) mass is 608 g/mol. The van der Waals surface area contributed by atoms with Crippen LogP contribution < -0.4 is 21.5 Å². The number of nitrogens with zero attached hydrogens (tertiary/aromatic N) is 2. The van der Waals surface area contributed by atoms with E-state index in [-0.39, 0.29) is 48.3 Å². The van der Waals surface area contributed by atoms with Crippen molar-refractivity contribution in [2.45, 2.75) is 38.3 Å². The molecular weight excluding hydrogens is 576 g/mol. The summed E-state index contributed by atoms with van der Waals surface area (Å²) in [6, 6.07) is 13.6. The van der Waals surface area contributed by atoms with Crippen molar-refractivity contribution in [1.29, 1.82) is 0 Å². The van der Waals surface area contributed by atoms with Crippen LogP contribution in [0.4, 0.5) is 17.5 Å². The maximum Gasteiger partial charge on any atom is 0.339 e. The number of esters is 1. The Hall–Kier alpha value is -4.56. The smallest absolute Gasteiger partial charge is 0.339 e. The maximum absolute atomic E-state index is 13.2. The summed E-state index contributed by atoms with van der Waals surface area (Å²) in [7, 11) is -3.14. The molecule has 1 fully saturated rings. The lowest BCUT2D eigenvalue weighted by molar-refractivity contribution is -0.126. The molecule has 2 aromatic carbocycles. The van der Waals surface area contributed by atoms with Crippen molar-refractivity contribution >= 4 is 45.1 Å². The van der Waals surface area contributed by atoms with Crippen LogP contribution in [0.1, 0.15) is 64.6 Å². The number of hydrazine groups is 1. The van der Waals surface area contributed by atoms with Gasteiger partial charge in [0.25, 0.3) is 5.91 Å². The number of cyclic esters (lactones) is 1. The Balaban J connectivity index is 1.38. The van der Waals surface area contributed by atoms with Gasteiger partial charge in [-0.1, -0.05) is 30.3 Å². The van der Waals surface area contributed by atoms with Crippen molar-refractivity contribution in [3.8, 4) is 0 Å². The van der Waals surface area contributed by atoms with Crippen molar-refractivity contribution in [2.75, 3.05) is 28.7 Å². The molecule has 1 saturated heterocycles. The molecule has 1 aromatic heterocycles. The predicted molar refractivity (Wildman–Crippen MR) is 157 cm³/mol. The van der Waals surface area contributed by atoms with E-state index in [1.165, 1.54) is 6.20 Å². The van der Waals surface area contributed by atoms with Gasteiger partial charge < -0.3 is 20.5 Å². The number of amides is 2. The van der Waals surface area contributed by atoms with Gasteiger partial charge in [-0.15, -0.1) is 0 Å². The first kappa shape index (κ1) is 29.9. The average molecular weight is 609 g/mol. The van der Waals surface area contributed by atoms with Crippen molar-refractivity contribution in [2.24, 2.45) is 5.92 Å². The highest BCUT2D eigenvalue weighted by atomic mass is 32.2. The number of carbonyl (C=O) groups excluding carboxylic acids is 3. The zero-order valence-electron chi connectivity index (χ0n) is 23.6. The highest BCUT2D eigenvalue weighted by molar-refractivity contribution is 7.91. The van der Waals surface area contributed by atoms with Crippen LogP contribution >= 0.6 is 0 Å². The van der Waals surface area contributed by atoms with Crippen molar-refractivity contribution in [3.05, 3.63) is 77.0 Å². The molecule has 5 rings (SSSR count). The zero-order chi connectivity index (χ0) is 30.8. The van der Waals surface area contributed by atoms with Crippen molar-refractivity contribution in [1.82, 2.24) is 20.8 Å². The van der Waals surface area contributed by atoms with E-state index in [2.05, 4.69) is 31.5 Å². The maximum atomic E-state index is 13.2. The molecule has 2 aliphatic heterocycles. The molecule has 43 heavy (non-hydrogen) atoms. The molecule has 3 heterocycles. The topological polar surface area (TPSA) is 189 Å². The highest BCUT2D eigenvalue weighted by Crippen LogP contribution is 2.37. The Kier molecular flexibility index (Phi) is 8.33. The lowest BCUT2D eigenvalue weighted by Gasteiger charge is -2.22. The van der Waals surface area contributed by atoms with Gasteiger partial charge in [0.05, 0.1) is 29.7 Å². The molecule has 14 heteroatoms. The molecule has 0 bridgehead atoms. The molecule has 0 spiro atoms. The van der Waals surface area contributed by atoms with Crippen LogP contribution in [0.2, 0.25) is 0 Å². The van der Waals surface area contributed by atoms with Crippen LogP contribution in [0.25, 0.3) is 0 Å². The second-order valence-electron chi connectivity index (χ2n) is 10.9. The number of anilines is 3. The summed E-state index contributed by atoms with van der Waals surface area (Å²) in [5.41, 5.74) is 6.41. The number of hydrogen-bond acceptors (Lipinski definition) is 11. The van der Waals surface area contributed by atoms with Crippen LogP contribution in [0.15, 0.2) is 54.7 Å². The standard InChI is InChI=1S/C29H32N6O7S/c1-29(2)22-14-19(8-9-20(22)27(39)42-29)31-28-30-15-21(24(33-28)32-23(16-36)17-6-4-3-5-7-17)26(38)35-34-25(37)18-10-12-43(40,41)13-11-18/h3-9,14-15,18,23,36H,10-13,16H2,1-2H3,(H,34,37)(H,35,38)(H2,30,31,32,33)/t23-/m1/s1. The molecule has 0 aliphatic carbocycles. The summed E-state index contributed by atoms with van der Waals surface area (Å²) < 4.78 is 28.8. The van der Waals surface area contributed by atoms with Crippen molar-refractivity contribution < 1.29 is 32.6 Å². The Bertz CT molecular complexity index is 1650. The second kappa shape index (κ2) is 12.0. The Morgan fingerprint density at radius 2 is 1.81 bits per heavy atom. The molecular formula is C29H32N6O7S. The fraction of sp³-hybridized carbons (Fsp3) is 0.345. The van der Waals surface area contributed by atoms with Crippen LogP contribution in [0.5, 0.6) is 0 Å². The number of fused-ring (bicyclic) bond motifs is 1. The van der Waals surface area contributed by atoms with E-state index >= 15 is 0 Å². The summed E-state index contributed by atoms with van der Waals surface area (Å²) in [4.78, 5) is 46.7. The van der Waals surface area contributed by atoms with Gasteiger partial charge in [-0.25, -0.2) is 18.2 Å². The average Bonchev–Trinajstić information content (AvgIpc) is 3.21. The zero-order valence-corrected chi connectivity index (χ0v) is 24.4. The van der Waals surface area contributed by atoms with Gasteiger partial charge in [0.15, 0.2) is 0 Å². The molecule has 0 unspecified atom stereocenters. The van der Waals surface area contributed by atoms with Crippen LogP contribution in [0.3, 0.4) is 0 Å².